The number of aliphatic hydroxyl groups is 1. The Kier molecular flexibility index (Phi) is 3.46. The molecule has 0 radical (unpaired) electrons. The lowest BCUT2D eigenvalue weighted by molar-refractivity contribution is 0.343. The number of aryl methyl sites for hydroxylation is 1. The smallest absolute Gasteiger partial charge is 0.215 e. The van der Waals surface area contributed by atoms with E-state index >= 15 is 0 Å². The Balaban J connectivity index is 2.89. The predicted molar refractivity (Wildman–Crippen MR) is 51.6 cm³/mol. The van der Waals surface area contributed by atoms with Crippen molar-refractivity contribution >= 4 is 6.08 Å². The molecule has 1 N–H and O–H groups in total. The number of pyridine rings is 1. The van der Waals surface area contributed by atoms with Gasteiger partial charge in [0.15, 0.2) is 0 Å². The summed E-state index contributed by atoms with van der Waals surface area (Å²) in [6, 6.07) is 1.96. The molecule has 0 fully saturated rings. The summed E-state index contributed by atoms with van der Waals surface area (Å²) < 4.78 is 5.02. The lowest BCUT2D eigenvalue weighted by Crippen LogP contribution is -1.91. The van der Waals surface area contributed by atoms with Gasteiger partial charge < -0.3 is 9.84 Å². The first-order chi connectivity index (χ1) is 6.27. The number of hydrogen-bond acceptors (Lipinski definition) is 3. The molecule has 3 heteroatoms. The molecule has 0 aliphatic heterocycles. The minimum absolute atomic E-state index is 0.0467. The Bertz CT molecular complexity index is 308. The fraction of sp³-hybridized carbons (Fsp3) is 0.300. The molecule has 0 saturated heterocycles. The van der Waals surface area contributed by atoms with Gasteiger partial charge in [-0.3, -0.25) is 0 Å². The summed E-state index contributed by atoms with van der Waals surface area (Å²) in [5.41, 5.74) is 1.95. The fourth-order valence-corrected chi connectivity index (χ4v) is 1.08. The van der Waals surface area contributed by atoms with Gasteiger partial charge in [0.1, 0.15) is 0 Å². The summed E-state index contributed by atoms with van der Waals surface area (Å²) in [5.74, 6) is 0.640. The molecule has 0 spiro atoms. The van der Waals surface area contributed by atoms with Crippen molar-refractivity contribution in [3.63, 3.8) is 0 Å². The van der Waals surface area contributed by atoms with E-state index in [-0.39, 0.29) is 6.61 Å². The molecule has 0 aliphatic rings. The van der Waals surface area contributed by atoms with Gasteiger partial charge in [-0.15, -0.1) is 0 Å². The molecule has 0 saturated carbocycles. The summed E-state index contributed by atoms with van der Waals surface area (Å²) in [6.45, 7) is 1.98. The third-order valence-corrected chi connectivity index (χ3v) is 1.66. The molecular formula is C10H13NO2. The molecule has 0 aliphatic carbocycles. The van der Waals surface area contributed by atoms with Crippen LogP contribution in [0.2, 0.25) is 0 Å². The van der Waals surface area contributed by atoms with Crippen LogP contribution in [0.1, 0.15) is 11.1 Å². The highest BCUT2D eigenvalue weighted by Crippen LogP contribution is 2.15. The molecule has 0 bridgehead atoms. The number of rotatable bonds is 3. The van der Waals surface area contributed by atoms with Crippen LogP contribution in [0, 0.1) is 6.92 Å². The second-order valence-corrected chi connectivity index (χ2v) is 2.68. The maximum Gasteiger partial charge on any atom is 0.215 e. The van der Waals surface area contributed by atoms with Crippen molar-refractivity contribution in [1.29, 1.82) is 0 Å². The van der Waals surface area contributed by atoms with Crippen molar-refractivity contribution < 1.29 is 9.84 Å². The lowest BCUT2D eigenvalue weighted by Gasteiger charge is -2.02. The maximum absolute atomic E-state index is 8.57. The van der Waals surface area contributed by atoms with Crippen LogP contribution in [0.3, 0.4) is 0 Å². The number of ether oxygens (including phenoxy) is 1. The van der Waals surface area contributed by atoms with Gasteiger partial charge in [-0.05, 0) is 18.6 Å². The molecule has 0 aromatic carbocycles. The van der Waals surface area contributed by atoms with E-state index in [1.54, 1.807) is 19.4 Å². The quantitative estimate of drug-likeness (QED) is 0.762. The van der Waals surface area contributed by atoms with Crippen molar-refractivity contribution in [1.82, 2.24) is 4.98 Å². The molecule has 0 unspecified atom stereocenters. The predicted octanol–water partition coefficient (Wildman–Crippen LogP) is 1.40. The van der Waals surface area contributed by atoms with Gasteiger partial charge in [0, 0.05) is 11.8 Å². The Morgan fingerprint density at radius 1 is 1.62 bits per heavy atom. The van der Waals surface area contributed by atoms with Gasteiger partial charge in [-0.2, -0.15) is 0 Å². The van der Waals surface area contributed by atoms with Crippen LogP contribution in [0.25, 0.3) is 6.08 Å². The van der Waals surface area contributed by atoms with Gasteiger partial charge in [-0.1, -0.05) is 12.2 Å². The first kappa shape index (κ1) is 9.74. The van der Waals surface area contributed by atoms with Gasteiger partial charge in [-0.25, -0.2) is 4.98 Å². The molecule has 0 atom stereocenters. The van der Waals surface area contributed by atoms with Gasteiger partial charge >= 0.3 is 0 Å². The van der Waals surface area contributed by atoms with Crippen LogP contribution >= 0.6 is 0 Å². The molecule has 13 heavy (non-hydrogen) atoms. The second kappa shape index (κ2) is 4.62. The summed E-state index contributed by atoms with van der Waals surface area (Å²) in [5, 5.41) is 8.57. The topological polar surface area (TPSA) is 42.4 Å². The fourth-order valence-electron chi connectivity index (χ4n) is 1.08. The summed E-state index contributed by atoms with van der Waals surface area (Å²) in [4.78, 5) is 4.09. The van der Waals surface area contributed by atoms with Crippen LogP contribution in [-0.2, 0) is 0 Å². The summed E-state index contributed by atoms with van der Waals surface area (Å²) in [7, 11) is 1.60. The van der Waals surface area contributed by atoms with E-state index in [0.29, 0.717) is 5.88 Å². The highest BCUT2D eigenvalue weighted by atomic mass is 16.5. The molecule has 3 nitrogen and oxygen atoms in total. The van der Waals surface area contributed by atoms with Crippen molar-refractivity contribution in [2.45, 2.75) is 6.92 Å². The third kappa shape index (κ3) is 2.56. The number of nitrogens with zero attached hydrogens (tertiary/aromatic N) is 1. The van der Waals surface area contributed by atoms with E-state index in [0.717, 1.165) is 11.1 Å². The van der Waals surface area contributed by atoms with Crippen molar-refractivity contribution in [2.75, 3.05) is 13.7 Å². The van der Waals surface area contributed by atoms with Crippen LogP contribution in [0.15, 0.2) is 18.3 Å². The highest BCUT2D eigenvalue weighted by molar-refractivity contribution is 5.50. The highest BCUT2D eigenvalue weighted by Gasteiger charge is 1.98. The standard InChI is InChI=1S/C10H13NO2/c1-8-6-9(4-3-5-12)7-11-10(8)13-2/h3-4,6-7,12H,5H2,1-2H3. The number of aromatic nitrogens is 1. The van der Waals surface area contributed by atoms with Gasteiger partial charge in [0.2, 0.25) is 5.88 Å². The zero-order valence-electron chi connectivity index (χ0n) is 7.82. The Labute approximate surface area is 77.7 Å². The molecule has 70 valence electrons. The largest absolute Gasteiger partial charge is 0.481 e. The van der Waals surface area contributed by atoms with E-state index in [2.05, 4.69) is 4.98 Å². The zero-order chi connectivity index (χ0) is 9.68. The third-order valence-electron chi connectivity index (χ3n) is 1.66. The Morgan fingerprint density at radius 2 is 2.38 bits per heavy atom. The SMILES string of the molecule is COc1ncc(C=CCO)cc1C. The van der Waals surface area contributed by atoms with E-state index in [1.807, 2.05) is 19.1 Å². The van der Waals surface area contributed by atoms with E-state index in [1.165, 1.54) is 0 Å². The van der Waals surface area contributed by atoms with E-state index < -0.39 is 0 Å². The van der Waals surface area contributed by atoms with Crippen LogP contribution in [0.4, 0.5) is 0 Å². The average molecular weight is 179 g/mol. The second-order valence-electron chi connectivity index (χ2n) is 2.68. The van der Waals surface area contributed by atoms with Gasteiger partial charge in [0.05, 0.1) is 13.7 Å². The minimum Gasteiger partial charge on any atom is -0.481 e. The normalized spacial score (nSPS) is 10.7. The molecule has 1 aromatic rings. The number of methoxy groups -OCH3 is 1. The maximum atomic E-state index is 8.57. The Hall–Kier alpha value is -1.35. The van der Waals surface area contributed by atoms with Crippen LogP contribution in [-0.4, -0.2) is 23.8 Å². The molecule has 1 heterocycles. The van der Waals surface area contributed by atoms with Crippen LogP contribution in [0.5, 0.6) is 5.88 Å². The van der Waals surface area contributed by atoms with Gasteiger partial charge in [0.25, 0.3) is 0 Å². The number of hydrogen-bond donors (Lipinski definition) is 1. The zero-order valence-corrected chi connectivity index (χ0v) is 7.82. The van der Waals surface area contributed by atoms with Crippen molar-refractivity contribution in [2.24, 2.45) is 0 Å². The molecular weight excluding hydrogens is 166 g/mol. The summed E-state index contributed by atoms with van der Waals surface area (Å²) >= 11 is 0. The average Bonchev–Trinajstić information content (AvgIpc) is 2.15. The van der Waals surface area contributed by atoms with Crippen molar-refractivity contribution in [3.8, 4) is 5.88 Å². The van der Waals surface area contributed by atoms with E-state index in [4.69, 9.17) is 9.84 Å². The van der Waals surface area contributed by atoms with Crippen molar-refractivity contribution in [3.05, 3.63) is 29.5 Å². The lowest BCUT2D eigenvalue weighted by atomic mass is 10.2. The number of aliphatic hydroxyl groups excluding tert-OH is 1. The monoisotopic (exact) mass is 179 g/mol. The van der Waals surface area contributed by atoms with E-state index in [9.17, 15) is 0 Å². The van der Waals surface area contributed by atoms with Crippen LogP contribution < -0.4 is 4.74 Å². The minimum atomic E-state index is 0.0467. The first-order valence-corrected chi connectivity index (χ1v) is 4.06. The molecule has 1 rings (SSSR count). The summed E-state index contributed by atoms with van der Waals surface area (Å²) in [6.07, 6.45) is 5.19. The first-order valence-electron chi connectivity index (χ1n) is 4.06. The Morgan fingerprint density at radius 3 is 2.92 bits per heavy atom. The molecule has 0 amide bonds. The molecule has 1 aromatic heterocycles.